The summed E-state index contributed by atoms with van der Waals surface area (Å²) in [6.45, 7) is 0. The van der Waals surface area contributed by atoms with E-state index in [4.69, 9.17) is 0 Å². The molecule has 0 bridgehead atoms. The van der Waals surface area contributed by atoms with Gasteiger partial charge in [-0.1, -0.05) is 41.3 Å². The molecule has 1 aliphatic rings. The maximum Gasteiger partial charge on any atom is 0.274 e. The number of aromatic nitrogens is 2. The number of benzene rings is 1. The molecule has 1 aliphatic carbocycles. The number of hydrogen-bond acceptors (Lipinski definition) is 2. The average molecular weight is 307 g/mol. The molecule has 1 aromatic heterocycles. The van der Waals surface area contributed by atoms with E-state index in [1.807, 2.05) is 18.2 Å². The Kier molecular flexibility index (Phi) is 3.20. The van der Waals surface area contributed by atoms with Gasteiger partial charge in [0.2, 0.25) is 0 Å². The molecule has 1 heterocycles. The summed E-state index contributed by atoms with van der Waals surface area (Å²) in [5.41, 5.74) is 0.0423. The maximum absolute atomic E-state index is 12.5. The Labute approximate surface area is 114 Å². The summed E-state index contributed by atoms with van der Waals surface area (Å²) in [7, 11) is 0. The van der Waals surface area contributed by atoms with Gasteiger partial charge in [-0.25, -0.2) is 4.68 Å². The van der Waals surface area contributed by atoms with Gasteiger partial charge in [-0.05, 0) is 25.0 Å². The van der Waals surface area contributed by atoms with Crippen molar-refractivity contribution in [2.45, 2.75) is 38.1 Å². The van der Waals surface area contributed by atoms with Gasteiger partial charge in [0.05, 0.1) is 17.6 Å². The smallest absolute Gasteiger partial charge is 0.267 e. The van der Waals surface area contributed by atoms with Crippen LogP contribution in [0.4, 0.5) is 0 Å². The van der Waals surface area contributed by atoms with Crippen molar-refractivity contribution in [3.8, 4) is 0 Å². The molecule has 1 aromatic carbocycles. The second-order valence-corrected chi connectivity index (χ2v) is 5.74. The summed E-state index contributed by atoms with van der Waals surface area (Å²) >= 11 is 3.46. The summed E-state index contributed by atoms with van der Waals surface area (Å²) in [5, 5.41) is 6.02. The van der Waals surface area contributed by atoms with Gasteiger partial charge in [0.25, 0.3) is 5.56 Å². The fourth-order valence-corrected chi connectivity index (χ4v) is 3.20. The largest absolute Gasteiger partial charge is 0.274 e. The molecule has 4 heteroatoms. The molecule has 94 valence electrons. The fourth-order valence-electron chi connectivity index (χ4n) is 2.74. The molecule has 0 aliphatic heterocycles. The number of hydrogen-bond donors (Lipinski definition) is 0. The Morgan fingerprint density at radius 2 is 1.94 bits per heavy atom. The van der Waals surface area contributed by atoms with Crippen molar-refractivity contribution >= 4 is 26.7 Å². The van der Waals surface area contributed by atoms with Crippen molar-refractivity contribution in [1.82, 2.24) is 9.78 Å². The van der Waals surface area contributed by atoms with Crippen molar-refractivity contribution in [2.75, 3.05) is 0 Å². The zero-order valence-electron chi connectivity index (χ0n) is 10.1. The van der Waals surface area contributed by atoms with Crippen LogP contribution >= 0.6 is 15.9 Å². The summed E-state index contributed by atoms with van der Waals surface area (Å²) in [4.78, 5) is 12.5. The Morgan fingerprint density at radius 3 is 2.72 bits per heavy atom. The van der Waals surface area contributed by atoms with Gasteiger partial charge in [0, 0.05) is 9.86 Å². The lowest BCUT2D eigenvalue weighted by atomic mass is 9.95. The van der Waals surface area contributed by atoms with E-state index in [9.17, 15) is 4.79 Å². The highest BCUT2D eigenvalue weighted by molar-refractivity contribution is 9.10. The van der Waals surface area contributed by atoms with Gasteiger partial charge in [-0.15, -0.1) is 0 Å². The predicted molar refractivity (Wildman–Crippen MR) is 75.8 cm³/mol. The quantitative estimate of drug-likeness (QED) is 0.806. The molecule has 18 heavy (non-hydrogen) atoms. The highest BCUT2D eigenvalue weighted by Gasteiger charge is 2.18. The van der Waals surface area contributed by atoms with Crippen LogP contribution in [0, 0.1) is 0 Å². The molecule has 1 fully saturated rings. The van der Waals surface area contributed by atoms with E-state index in [0.717, 1.165) is 28.1 Å². The van der Waals surface area contributed by atoms with E-state index in [0.29, 0.717) is 0 Å². The first-order valence-corrected chi connectivity index (χ1v) is 7.23. The molecule has 0 unspecified atom stereocenters. The van der Waals surface area contributed by atoms with Crippen LogP contribution in [0.2, 0.25) is 0 Å². The molecular weight excluding hydrogens is 292 g/mol. The third-order valence-electron chi connectivity index (χ3n) is 3.72. The van der Waals surface area contributed by atoms with Crippen LogP contribution in [0.3, 0.4) is 0 Å². The SMILES string of the molecule is O=c1c2cccc(Br)c2cnn1C1CCCCC1. The van der Waals surface area contributed by atoms with E-state index < -0.39 is 0 Å². The van der Waals surface area contributed by atoms with Crippen LogP contribution in [0.1, 0.15) is 38.1 Å². The Hall–Kier alpha value is -1.16. The lowest BCUT2D eigenvalue weighted by Crippen LogP contribution is -2.28. The standard InChI is InChI=1S/C14H15BrN2O/c15-13-8-4-7-11-12(13)9-16-17(14(11)18)10-5-2-1-3-6-10/h4,7-10H,1-3,5-6H2. The van der Waals surface area contributed by atoms with Gasteiger partial charge in [-0.3, -0.25) is 4.79 Å². The minimum atomic E-state index is 0.0423. The molecule has 0 radical (unpaired) electrons. The van der Waals surface area contributed by atoms with Crippen molar-refractivity contribution in [3.63, 3.8) is 0 Å². The van der Waals surface area contributed by atoms with E-state index in [-0.39, 0.29) is 11.6 Å². The van der Waals surface area contributed by atoms with Gasteiger partial charge < -0.3 is 0 Å². The molecule has 3 nitrogen and oxygen atoms in total. The Bertz CT molecular complexity index is 629. The number of halogens is 1. The number of nitrogens with zero attached hydrogens (tertiary/aromatic N) is 2. The predicted octanol–water partition coefficient (Wildman–Crippen LogP) is 3.66. The lowest BCUT2D eigenvalue weighted by molar-refractivity contribution is 0.320. The first kappa shape index (κ1) is 11.9. The van der Waals surface area contributed by atoms with Crippen molar-refractivity contribution in [2.24, 2.45) is 0 Å². The van der Waals surface area contributed by atoms with Gasteiger partial charge >= 0.3 is 0 Å². The maximum atomic E-state index is 12.5. The van der Waals surface area contributed by atoms with Crippen LogP contribution in [-0.4, -0.2) is 9.78 Å². The van der Waals surface area contributed by atoms with Gasteiger partial charge in [0.1, 0.15) is 0 Å². The van der Waals surface area contributed by atoms with Crippen LogP contribution < -0.4 is 5.56 Å². The molecule has 1 saturated carbocycles. The average Bonchev–Trinajstić information content (AvgIpc) is 2.41. The summed E-state index contributed by atoms with van der Waals surface area (Å²) < 4.78 is 2.62. The zero-order chi connectivity index (χ0) is 12.5. The molecule has 2 aromatic rings. The van der Waals surface area contributed by atoms with Crippen molar-refractivity contribution in [3.05, 3.63) is 39.2 Å². The second kappa shape index (κ2) is 4.84. The molecule has 0 spiro atoms. The minimum Gasteiger partial charge on any atom is -0.267 e. The monoisotopic (exact) mass is 306 g/mol. The Balaban J connectivity index is 2.14. The summed E-state index contributed by atoms with van der Waals surface area (Å²) in [6, 6.07) is 6.01. The molecule has 0 saturated heterocycles. The molecule has 0 N–H and O–H groups in total. The van der Waals surface area contributed by atoms with E-state index in [1.165, 1.54) is 19.3 Å². The van der Waals surface area contributed by atoms with Crippen LogP contribution in [0.15, 0.2) is 33.7 Å². The topological polar surface area (TPSA) is 34.9 Å². The Morgan fingerprint density at radius 1 is 1.17 bits per heavy atom. The minimum absolute atomic E-state index is 0.0423. The number of fused-ring (bicyclic) bond motifs is 1. The van der Waals surface area contributed by atoms with Crippen molar-refractivity contribution < 1.29 is 0 Å². The van der Waals surface area contributed by atoms with Crippen LogP contribution in [-0.2, 0) is 0 Å². The van der Waals surface area contributed by atoms with E-state index in [1.54, 1.807) is 10.9 Å². The molecule has 0 atom stereocenters. The van der Waals surface area contributed by atoms with Gasteiger partial charge in [-0.2, -0.15) is 5.10 Å². The van der Waals surface area contributed by atoms with Gasteiger partial charge in [0.15, 0.2) is 0 Å². The van der Waals surface area contributed by atoms with Crippen LogP contribution in [0.25, 0.3) is 10.8 Å². The highest BCUT2D eigenvalue weighted by Crippen LogP contribution is 2.27. The zero-order valence-corrected chi connectivity index (χ0v) is 11.7. The first-order valence-electron chi connectivity index (χ1n) is 6.43. The highest BCUT2D eigenvalue weighted by atomic mass is 79.9. The van der Waals surface area contributed by atoms with E-state index in [2.05, 4.69) is 21.0 Å². The summed E-state index contributed by atoms with van der Waals surface area (Å²) in [5.74, 6) is 0. The number of rotatable bonds is 1. The summed E-state index contributed by atoms with van der Waals surface area (Å²) in [6.07, 6.45) is 7.64. The lowest BCUT2D eigenvalue weighted by Gasteiger charge is -2.22. The first-order chi connectivity index (χ1) is 8.77. The molecule has 0 amide bonds. The molecular formula is C14H15BrN2O. The second-order valence-electron chi connectivity index (χ2n) is 4.89. The van der Waals surface area contributed by atoms with Crippen LogP contribution in [0.5, 0.6) is 0 Å². The third-order valence-corrected chi connectivity index (χ3v) is 4.41. The third kappa shape index (κ3) is 1.99. The normalized spacial score (nSPS) is 17.2. The van der Waals surface area contributed by atoms with E-state index >= 15 is 0 Å². The molecule has 3 rings (SSSR count). The fraction of sp³-hybridized carbons (Fsp3) is 0.429. The van der Waals surface area contributed by atoms with Crippen molar-refractivity contribution in [1.29, 1.82) is 0 Å².